The van der Waals surface area contributed by atoms with Crippen LogP contribution in [0.15, 0.2) is 186 Å². The monoisotopic (exact) mass is 850 g/mol. The molecule has 0 bridgehead atoms. The Morgan fingerprint density at radius 2 is 1.14 bits per heavy atom. The minimum Gasteiger partial charge on any atom is -0.460 e. The predicted molar refractivity (Wildman–Crippen MR) is 277 cm³/mol. The van der Waals surface area contributed by atoms with Crippen molar-refractivity contribution in [2.45, 2.75) is 57.8 Å². The van der Waals surface area contributed by atoms with E-state index in [9.17, 15) is 0 Å². The highest BCUT2D eigenvalue weighted by Crippen LogP contribution is 2.52. The summed E-state index contributed by atoms with van der Waals surface area (Å²) >= 11 is 0. The Hall–Kier alpha value is -7.62. The molecule has 66 heavy (non-hydrogen) atoms. The molecule has 0 radical (unpaired) electrons. The van der Waals surface area contributed by atoms with Gasteiger partial charge >= 0.3 is 0 Å². The summed E-state index contributed by atoms with van der Waals surface area (Å²) in [5, 5.41) is 2.45. The minimum absolute atomic E-state index is 0.165. The molecule has 0 aliphatic heterocycles. The summed E-state index contributed by atoms with van der Waals surface area (Å²) in [5.41, 5.74) is 23.4. The first-order chi connectivity index (χ1) is 32.5. The third-order valence-electron chi connectivity index (χ3n) is 14.8. The molecule has 0 saturated carbocycles. The number of aryl methyl sites for hydroxylation is 1. The molecular weight excluding hydrogens is 801 g/mol. The van der Waals surface area contributed by atoms with Crippen molar-refractivity contribution in [2.24, 2.45) is 0 Å². The smallest absolute Gasteiger partial charge is 0.144 e. The minimum atomic E-state index is -0.165. The summed E-state index contributed by atoms with van der Waals surface area (Å²) in [6.45, 7) is 4.76. The molecule has 2 aromatic heterocycles. The molecular formula is C63H50N2O. The summed E-state index contributed by atoms with van der Waals surface area (Å²) in [7, 11) is 0. The molecule has 0 atom stereocenters. The fraction of sp³-hybridized carbons (Fsp3) is 0.143. The molecule has 0 spiro atoms. The molecule has 0 fully saturated rings. The fourth-order valence-electron chi connectivity index (χ4n) is 11.4. The van der Waals surface area contributed by atoms with Crippen molar-refractivity contribution in [3.8, 4) is 39.1 Å². The van der Waals surface area contributed by atoms with Crippen LogP contribution < -0.4 is 4.90 Å². The maximum absolute atomic E-state index is 6.66. The normalized spacial score (nSPS) is 15.4. The van der Waals surface area contributed by atoms with Crippen LogP contribution in [-0.2, 0) is 18.3 Å². The SMILES string of the molecule is CC1(C)c2cc(-c3ccccc3)ccc2-c2ccc(N(c3ccc(C4=CCCC=C4)cc3)c3ccc(-c4ccc(-n5c6c(c7c8oc9c(c8ccc75)C=CCC9)C=CCC6)cc4)cc3)cc21. The molecule has 3 heteroatoms. The number of furan rings is 1. The first kappa shape index (κ1) is 38.8. The second-order valence-electron chi connectivity index (χ2n) is 18.9. The van der Waals surface area contributed by atoms with Crippen molar-refractivity contribution in [1.82, 2.24) is 4.57 Å². The van der Waals surface area contributed by atoms with E-state index in [1.807, 2.05) is 0 Å². The van der Waals surface area contributed by atoms with E-state index in [1.54, 1.807) is 0 Å². The summed E-state index contributed by atoms with van der Waals surface area (Å²) in [4.78, 5) is 2.42. The van der Waals surface area contributed by atoms with E-state index in [1.165, 1.54) is 94.4 Å². The Morgan fingerprint density at radius 3 is 1.88 bits per heavy atom. The van der Waals surface area contributed by atoms with Crippen LogP contribution in [0.3, 0.4) is 0 Å². The van der Waals surface area contributed by atoms with Gasteiger partial charge in [0.1, 0.15) is 11.3 Å². The van der Waals surface area contributed by atoms with Gasteiger partial charge < -0.3 is 13.9 Å². The lowest BCUT2D eigenvalue weighted by Gasteiger charge is -2.28. The quantitative estimate of drug-likeness (QED) is 0.159. The Balaban J connectivity index is 0.857. The number of benzene rings is 7. The Labute approximate surface area is 387 Å². The first-order valence-corrected chi connectivity index (χ1v) is 23.8. The van der Waals surface area contributed by atoms with E-state index in [2.05, 4.69) is 218 Å². The molecule has 2 heterocycles. The largest absolute Gasteiger partial charge is 0.460 e. The zero-order valence-corrected chi connectivity index (χ0v) is 37.5. The lowest BCUT2D eigenvalue weighted by atomic mass is 9.81. The van der Waals surface area contributed by atoms with Gasteiger partial charge in [-0.05, 0) is 154 Å². The average Bonchev–Trinajstić information content (AvgIpc) is 4.00. The van der Waals surface area contributed by atoms with E-state index in [-0.39, 0.29) is 5.41 Å². The molecule has 0 amide bonds. The summed E-state index contributed by atoms with van der Waals surface area (Å²) < 4.78 is 9.14. The van der Waals surface area contributed by atoms with E-state index in [4.69, 9.17) is 4.42 Å². The third-order valence-corrected chi connectivity index (χ3v) is 14.8. The van der Waals surface area contributed by atoms with Gasteiger partial charge in [-0.3, -0.25) is 0 Å². The van der Waals surface area contributed by atoms with Gasteiger partial charge in [0, 0.05) is 56.8 Å². The van der Waals surface area contributed by atoms with Crippen LogP contribution in [0.25, 0.3) is 78.7 Å². The van der Waals surface area contributed by atoms with Crippen molar-refractivity contribution in [3.05, 3.63) is 221 Å². The molecule has 4 aliphatic rings. The number of hydrogen-bond acceptors (Lipinski definition) is 2. The molecule has 9 aromatic rings. The maximum atomic E-state index is 6.66. The van der Waals surface area contributed by atoms with Crippen LogP contribution >= 0.6 is 0 Å². The number of allylic oxidation sites excluding steroid dienone is 6. The Kier molecular flexibility index (Phi) is 8.96. The number of anilines is 3. The molecule has 0 unspecified atom stereocenters. The van der Waals surface area contributed by atoms with E-state index >= 15 is 0 Å². The van der Waals surface area contributed by atoms with Crippen molar-refractivity contribution in [3.63, 3.8) is 0 Å². The van der Waals surface area contributed by atoms with Crippen molar-refractivity contribution >= 4 is 56.7 Å². The summed E-state index contributed by atoms with van der Waals surface area (Å²) in [5.74, 6) is 1.11. The predicted octanol–water partition coefficient (Wildman–Crippen LogP) is 17.1. The maximum Gasteiger partial charge on any atom is 0.144 e. The number of aromatic nitrogens is 1. The second kappa shape index (κ2) is 15.2. The van der Waals surface area contributed by atoms with Gasteiger partial charge in [0.25, 0.3) is 0 Å². The van der Waals surface area contributed by atoms with Crippen LogP contribution in [0.5, 0.6) is 0 Å². The molecule has 0 N–H and O–H groups in total. The van der Waals surface area contributed by atoms with Gasteiger partial charge in [0.05, 0.1) is 10.9 Å². The fourth-order valence-corrected chi connectivity index (χ4v) is 11.4. The lowest BCUT2D eigenvalue weighted by Crippen LogP contribution is -2.16. The highest BCUT2D eigenvalue weighted by Gasteiger charge is 2.36. The highest BCUT2D eigenvalue weighted by atomic mass is 16.3. The van der Waals surface area contributed by atoms with Gasteiger partial charge in [0.2, 0.25) is 0 Å². The number of rotatable bonds is 7. The molecule has 318 valence electrons. The zero-order valence-electron chi connectivity index (χ0n) is 37.5. The van der Waals surface area contributed by atoms with E-state index in [0.29, 0.717) is 0 Å². The van der Waals surface area contributed by atoms with Crippen molar-refractivity contribution in [2.75, 3.05) is 4.90 Å². The third kappa shape index (κ3) is 6.17. The molecule has 4 aliphatic carbocycles. The number of nitrogens with zero attached hydrogens (tertiary/aromatic N) is 2. The average molecular weight is 851 g/mol. The Bertz CT molecular complexity index is 3510. The number of hydrogen-bond donors (Lipinski definition) is 0. The van der Waals surface area contributed by atoms with Crippen LogP contribution in [0, 0.1) is 0 Å². The molecule has 13 rings (SSSR count). The Morgan fingerprint density at radius 1 is 0.515 bits per heavy atom. The van der Waals surface area contributed by atoms with Gasteiger partial charge in [0.15, 0.2) is 0 Å². The molecule has 7 aromatic carbocycles. The van der Waals surface area contributed by atoms with Gasteiger partial charge in [-0.15, -0.1) is 0 Å². The zero-order chi connectivity index (χ0) is 43.9. The van der Waals surface area contributed by atoms with Crippen LogP contribution in [0.4, 0.5) is 17.1 Å². The highest BCUT2D eigenvalue weighted by molar-refractivity contribution is 6.12. The van der Waals surface area contributed by atoms with Gasteiger partial charge in [-0.2, -0.15) is 0 Å². The van der Waals surface area contributed by atoms with Crippen molar-refractivity contribution in [1.29, 1.82) is 0 Å². The van der Waals surface area contributed by atoms with Crippen LogP contribution in [0.1, 0.15) is 78.8 Å². The first-order valence-electron chi connectivity index (χ1n) is 23.8. The van der Waals surface area contributed by atoms with Crippen LogP contribution in [-0.4, -0.2) is 4.57 Å². The summed E-state index contributed by atoms with van der Waals surface area (Å²) in [6, 6.07) is 56.8. The van der Waals surface area contributed by atoms with Gasteiger partial charge in [-0.1, -0.05) is 141 Å². The molecule has 3 nitrogen and oxygen atoms in total. The topological polar surface area (TPSA) is 21.3 Å². The van der Waals surface area contributed by atoms with E-state index in [0.717, 1.165) is 66.9 Å². The van der Waals surface area contributed by atoms with Crippen LogP contribution in [0.2, 0.25) is 0 Å². The van der Waals surface area contributed by atoms with E-state index < -0.39 is 0 Å². The summed E-state index contributed by atoms with van der Waals surface area (Å²) in [6.07, 6.45) is 22.3. The lowest BCUT2D eigenvalue weighted by molar-refractivity contribution is 0.548. The molecule has 0 saturated heterocycles. The van der Waals surface area contributed by atoms with Gasteiger partial charge in [-0.25, -0.2) is 0 Å². The second-order valence-corrected chi connectivity index (χ2v) is 18.9. The standard InChI is InChI=1S/C63H50N2O/c1-63(2)56-39-46(42-15-7-4-8-16-42)27-35-51(56)52-36-34-50(40-57(52)63)64(47-28-21-43(22-29-47)41-13-5-3-6-14-41)48-30-23-44(24-31-48)45-25-32-49(33-26-45)65-58-19-11-9-18-55(58)61-59(65)38-37-54-53-17-10-12-20-60(53)66-62(54)61/h4-5,7-10,13-18,21-40H,3,6,11-12,19-20H2,1-2H3. The van der Waals surface area contributed by atoms with Crippen molar-refractivity contribution < 1.29 is 4.42 Å². The number of fused-ring (bicyclic) bond motifs is 10.